The van der Waals surface area contributed by atoms with Crippen LogP contribution in [0.1, 0.15) is 82.5 Å². The molecule has 67 heavy (non-hydrogen) atoms. The van der Waals surface area contributed by atoms with Gasteiger partial charge >= 0.3 is 6.18 Å². The number of carbonyl (C=O) groups excluding carboxylic acids is 1. The lowest BCUT2D eigenvalue weighted by atomic mass is 9.31. The number of rotatable bonds is 12. The largest absolute Gasteiger partial charge is 0.471 e. The van der Waals surface area contributed by atoms with Crippen molar-refractivity contribution in [3.8, 4) is 5.88 Å². The topological polar surface area (TPSA) is 175 Å². The second kappa shape index (κ2) is 16.7. The van der Waals surface area contributed by atoms with Crippen molar-refractivity contribution in [1.29, 1.82) is 0 Å². The molecule has 19 heteroatoms. The van der Waals surface area contributed by atoms with E-state index in [1.165, 1.54) is 23.3 Å². The lowest BCUT2D eigenvalue weighted by molar-refractivity contribution is -0.384. The Kier molecular flexibility index (Phi) is 11.3. The van der Waals surface area contributed by atoms with Gasteiger partial charge in [-0.3, -0.25) is 19.8 Å². The van der Waals surface area contributed by atoms with Gasteiger partial charge in [-0.2, -0.15) is 18.2 Å². The number of pyridine rings is 1. The van der Waals surface area contributed by atoms with E-state index in [4.69, 9.17) is 14.5 Å². The Hall–Kier alpha value is -5.40. The van der Waals surface area contributed by atoms with Crippen molar-refractivity contribution >= 4 is 55.4 Å². The second-order valence-corrected chi connectivity index (χ2v) is 22.2. The van der Waals surface area contributed by atoms with Crippen LogP contribution in [0.15, 0.2) is 70.8 Å². The Labute approximate surface area is 387 Å². The van der Waals surface area contributed by atoms with Crippen LogP contribution in [0, 0.1) is 32.3 Å². The third-order valence-electron chi connectivity index (χ3n) is 15.3. The minimum atomic E-state index is -4.61. The van der Waals surface area contributed by atoms with Crippen molar-refractivity contribution in [2.45, 2.75) is 89.3 Å². The summed E-state index contributed by atoms with van der Waals surface area (Å²) >= 11 is 0. The monoisotopic (exact) mass is 946 g/mol. The quantitative estimate of drug-likeness (QED) is 0.0701. The number of anilines is 4. The number of ether oxygens (including phenoxy) is 2. The number of aromatic amines is 1. The van der Waals surface area contributed by atoms with Crippen molar-refractivity contribution in [1.82, 2.24) is 19.6 Å². The van der Waals surface area contributed by atoms with Crippen LogP contribution in [0.4, 0.5) is 41.6 Å². The molecule has 358 valence electrons. The second-order valence-electron chi connectivity index (χ2n) is 20.6. The van der Waals surface area contributed by atoms with Crippen molar-refractivity contribution in [2.24, 2.45) is 22.2 Å². The number of nitro groups is 1. The Morgan fingerprint density at radius 3 is 2.48 bits per heavy atom. The number of sulfonamides is 1. The van der Waals surface area contributed by atoms with E-state index in [9.17, 15) is 36.5 Å². The van der Waals surface area contributed by atoms with Gasteiger partial charge in [-0.25, -0.2) is 13.1 Å². The van der Waals surface area contributed by atoms with E-state index in [0.29, 0.717) is 62.3 Å². The number of allylic oxidation sites excluding steroid dienone is 1. The average molecular weight is 947 g/mol. The van der Waals surface area contributed by atoms with Gasteiger partial charge in [0, 0.05) is 75.8 Å². The smallest absolute Gasteiger partial charge is 0.394 e. The molecule has 0 unspecified atom stereocenters. The highest BCUT2D eigenvalue weighted by Gasteiger charge is 2.79. The molecular formula is C48H57F3N8O7S. The fraction of sp³-hybridized carbons (Fsp3) is 0.542. The van der Waals surface area contributed by atoms with Crippen molar-refractivity contribution in [3.63, 3.8) is 0 Å². The number of hydrogen-bond acceptors (Lipinski definition) is 12. The predicted octanol–water partition coefficient (Wildman–Crippen LogP) is 8.71. The molecule has 11 rings (SSSR count). The highest BCUT2D eigenvalue weighted by Crippen LogP contribution is 2.82. The van der Waals surface area contributed by atoms with Gasteiger partial charge in [-0.15, -0.1) is 0 Å². The zero-order valence-electron chi connectivity index (χ0n) is 38.0. The normalized spacial score (nSPS) is 25.5. The Morgan fingerprint density at radius 2 is 1.76 bits per heavy atom. The van der Waals surface area contributed by atoms with E-state index in [0.717, 1.165) is 68.9 Å². The maximum atomic E-state index is 14.4. The maximum absolute atomic E-state index is 14.4. The Bertz CT molecular complexity index is 2740. The van der Waals surface area contributed by atoms with E-state index in [2.05, 4.69) is 38.7 Å². The SMILES string of the molecule is C[C@@H]1CN(c2cc(N3CCN(CC4=C(C56CC(C(F)(F)F)(C5)C6)CC(C)(C)CC4)CC3)ccc2C(=O)NS(=O)(=O)c2ccc(NCC3CCOCC3)c([N+](=O)[O-])c2)c2cc3cc[nH]c3nc2O1. The number of hydrogen-bond donors (Lipinski definition) is 3. The van der Waals surface area contributed by atoms with Crippen LogP contribution in [0.3, 0.4) is 0 Å². The van der Waals surface area contributed by atoms with E-state index < -0.39 is 43.0 Å². The number of piperazine rings is 1. The molecule has 1 atom stereocenters. The van der Waals surface area contributed by atoms with E-state index >= 15 is 0 Å². The molecule has 3 aliphatic heterocycles. The van der Waals surface area contributed by atoms with Crippen LogP contribution in [0.25, 0.3) is 11.0 Å². The summed E-state index contributed by atoms with van der Waals surface area (Å²) in [6, 6.07) is 12.6. The summed E-state index contributed by atoms with van der Waals surface area (Å²) < 4.78 is 83.4. The first-order valence-corrected chi connectivity index (χ1v) is 24.8. The summed E-state index contributed by atoms with van der Waals surface area (Å²) in [6.45, 7) is 11.8. The van der Waals surface area contributed by atoms with Crippen LogP contribution < -0.4 is 24.6 Å². The number of nitrogens with zero attached hydrogens (tertiary/aromatic N) is 5. The number of H-pyrrole nitrogens is 1. The summed E-state index contributed by atoms with van der Waals surface area (Å²) in [5.41, 5.74) is 3.11. The fourth-order valence-electron chi connectivity index (χ4n) is 11.5. The molecule has 5 heterocycles. The molecular weight excluding hydrogens is 890 g/mol. The summed E-state index contributed by atoms with van der Waals surface area (Å²) in [6.07, 6.45) is 2.27. The van der Waals surface area contributed by atoms with Gasteiger partial charge in [-0.05, 0) is 118 Å². The van der Waals surface area contributed by atoms with Crippen LogP contribution in [-0.2, 0) is 14.8 Å². The van der Waals surface area contributed by atoms with Gasteiger partial charge in [0.15, 0.2) is 0 Å². The number of carbonyl (C=O) groups is 1. The van der Waals surface area contributed by atoms with E-state index in [1.807, 2.05) is 30.0 Å². The molecule has 5 fully saturated rings. The third kappa shape index (κ3) is 8.49. The molecule has 2 bridgehead atoms. The lowest BCUT2D eigenvalue weighted by Crippen LogP contribution is -2.69. The number of fused-ring (bicyclic) bond motifs is 2. The molecule has 7 aliphatic rings. The van der Waals surface area contributed by atoms with Crippen LogP contribution in [0.2, 0.25) is 0 Å². The minimum Gasteiger partial charge on any atom is -0.471 e. The van der Waals surface area contributed by atoms with Crippen molar-refractivity contribution in [3.05, 3.63) is 81.6 Å². The maximum Gasteiger partial charge on any atom is 0.394 e. The van der Waals surface area contributed by atoms with Crippen molar-refractivity contribution in [2.75, 3.05) is 74.1 Å². The zero-order valence-corrected chi connectivity index (χ0v) is 38.8. The number of halogens is 3. The number of nitrogens with one attached hydrogen (secondary N) is 3. The standard InChI is InChI=1S/C48H57F3N8O7S/c1-30-25-58(41-20-32-9-13-52-42(32)54-44(41)66-30)39-21-34(57-16-14-56(15-17-57)26-33-8-12-45(2,3)23-37(33)46-27-47(28-46,29-46)48(49,50)51)4-6-36(39)43(60)55-67(63,64)35-5-7-38(40(22-35)59(61)62)53-24-31-10-18-65-19-11-31/h4-7,9,13,20-22,30-31,53H,8,10-12,14-19,23-29H2,1-3H3,(H,52,54)(H,55,60)/t30-,46?,47?/m1/s1. The van der Waals surface area contributed by atoms with Gasteiger partial charge in [-0.1, -0.05) is 25.0 Å². The summed E-state index contributed by atoms with van der Waals surface area (Å²) in [4.78, 5) is 39.9. The summed E-state index contributed by atoms with van der Waals surface area (Å²) in [5, 5.41) is 16.1. The van der Waals surface area contributed by atoms with Gasteiger partial charge in [0.05, 0.1) is 33.0 Å². The number of alkyl halides is 3. The first-order chi connectivity index (χ1) is 31.8. The molecule has 0 radical (unpaired) electrons. The molecule has 4 aliphatic carbocycles. The Balaban J connectivity index is 0.908. The molecule has 15 nitrogen and oxygen atoms in total. The number of aromatic nitrogens is 2. The highest BCUT2D eigenvalue weighted by atomic mass is 32.2. The predicted molar refractivity (Wildman–Crippen MR) is 247 cm³/mol. The molecule has 2 saturated heterocycles. The summed E-state index contributed by atoms with van der Waals surface area (Å²) in [5.74, 6) is -0.323. The molecule has 3 saturated carbocycles. The van der Waals surface area contributed by atoms with Crippen molar-refractivity contribution < 1.29 is 40.8 Å². The van der Waals surface area contributed by atoms with Gasteiger partial charge in [0.2, 0.25) is 5.88 Å². The van der Waals surface area contributed by atoms with Gasteiger partial charge < -0.3 is 29.6 Å². The van der Waals surface area contributed by atoms with Crippen LogP contribution in [-0.4, -0.2) is 105 Å². The van der Waals surface area contributed by atoms with E-state index in [-0.39, 0.29) is 53.4 Å². The van der Waals surface area contributed by atoms with Gasteiger partial charge in [0.1, 0.15) is 23.1 Å². The number of benzene rings is 2. The first kappa shape index (κ1) is 45.4. The molecule has 2 aromatic carbocycles. The first-order valence-electron chi connectivity index (χ1n) is 23.3. The summed E-state index contributed by atoms with van der Waals surface area (Å²) in [7, 11) is -4.61. The van der Waals surface area contributed by atoms with E-state index in [1.54, 1.807) is 18.3 Å². The van der Waals surface area contributed by atoms with Gasteiger partial charge in [0.25, 0.3) is 21.6 Å². The molecule has 4 aromatic rings. The molecule has 0 spiro atoms. The molecule has 1 amide bonds. The minimum absolute atomic E-state index is 0.0559. The van der Waals surface area contributed by atoms with Crippen LogP contribution in [0.5, 0.6) is 5.88 Å². The van der Waals surface area contributed by atoms with Crippen LogP contribution >= 0.6 is 0 Å². The number of amides is 1. The average Bonchev–Trinajstić information content (AvgIpc) is 3.71. The fourth-order valence-corrected chi connectivity index (χ4v) is 12.5. The Morgan fingerprint density at radius 1 is 1.01 bits per heavy atom. The zero-order chi connectivity index (χ0) is 47.1. The molecule has 2 aromatic heterocycles. The lowest BCUT2D eigenvalue weighted by Gasteiger charge is -2.72. The molecule has 3 N–H and O–H groups in total. The number of nitro benzene ring substituents is 1. The highest BCUT2D eigenvalue weighted by molar-refractivity contribution is 7.90. The third-order valence-corrected chi connectivity index (χ3v) is 16.6.